The number of hydrogen-bond acceptors (Lipinski definition) is 1. The first-order valence-electron chi connectivity index (χ1n) is 6.79. The average molecular weight is 285 g/mol. The molecule has 98 valence electrons. The number of alkyl halides is 2. The van der Waals surface area contributed by atoms with Gasteiger partial charge in [-0.15, -0.1) is 23.2 Å². The molecule has 3 rings (SSSR count). The highest BCUT2D eigenvalue weighted by atomic mass is 35.5. The zero-order valence-corrected chi connectivity index (χ0v) is 11.9. The fourth-order valence-electron chi connectivity index (χ4n) is 3.21. The fraction of sp³-hybridized carbons (Fsp3) is 0.600. The molecule has 1 spiro atoms. The van der Waals surface area contributed by atoms with E-state index < -0.39 is 0 Å². The van der Waals surface area contributed by atoms with E-state index >= 15 is 0 Å². The maximum atomic E-state index is 6.65. The number of halogens is 2. The Morgan fingerprint density at radius 1 is 1.00 bits per heavy atom. The number of para-hydroxylation sites is 1. The molecule has 0 N–H and O–H groups in total. The van der Waals surface area contributed by atoms with Gasteiger partial charge in [0.05, 0.1) is 10.8 Å². The van der Waals surface area contributed by atoms with E-state index in [0.717, 1.165) is 24.2 Å². The second-order valence-electron chi connectivity index (χ2n) is 5.42. The van der Waals surface area contributed by atoms with E-state index in [9.17, 15) is 0 Å². The molecule has 1 fully saturated rings. The van der Waals surface area contributed by atoms with E-state index in [2.05, 4.69) is 0 Å². The van der Waals surface area contributed by atoms with Gasteiger partial charge in [-0.3, -0.25) is 0 Å². The third-order valence-electron chi connectivity index (χ3n) is 4.24. The van der Waals surface area contributed by atoms with Crippen LogP contribution in [0.2, 0.25) is 0 Å². The molecule has 1 saturated carbocycles. The van der Waals surface area contributed by atoms with Gasteiger partial charge in [-0.05, 0) is 31.7 Å². The number of ether oxygens (including phenoxy) is 1. The first-order valence-corrected chi connectivity index (χ1v) is 7.66. The van der Waals surface area contributed by atoms with Gasteiger partial charge in [0, 0.05) is 5.56 Å². The van der Waals surface area contributed by atoms with Crippen molar-refractivity contribution in [3.8, 4) is 5.75 Å². The molecular formula is C15H18Cl2O. The predicted molar refractivity (Wildman–Crippen MR) is 75.7 cm³/mol. The summed E-state index contributed by atoms with van der Waals surface area (Å²) in [6, 6.07) is 8.03. The molecule has 2 unspecified atom stereocenters. The van der Waals surface area contributed by atoms with Crippen LogP contribution in [0.15, 0.2) is 24.3 Å². The molecule has 1 heterocycles. The summed E-state index contributed by atoms with van der Waals surface area (Å²) in [5.41, 5.74) is 0.785. The Bertz CT molecular complexity index is 424. The van der Waals surface area contributed by atoms with Crippen LogP contribution in [0.1, 0.15) is 49.5 Å². The van der Waals surface area contributed by atoms with Crippen LogP contribution in [0.25, 0.3) is 0 Å². The molecule has 1 aromatic carbocycles. The van der Waals surface area contributed by atoms with Crippen LogP contribution in [-0.2, 0) is 0 Å². The fourth-order valence-corrected chi connectivity index (χ4v) is 4.01. The van der Waals surface area contributed by atoms with Gasteiger partial charge < -0.3 is 4.74 Å². The first kappa shape index (κ1) is 12.6. The van der Waals surface area contributed by atoms with Crippen molar-refractivity contribution in [1.29, 1.82) is 0 Å². The molecular weight excluding hydrogens is 267 g/mol. The minimum absolute atomic E-state index is 0.132. The number of rotatable bonds is 0. The van der Waals surface area contributed by atoms with Crippen molar-refractivity contribution < 1.29 is 4.74 Å². The van der Waals surface area contributed by atoms with Crippen molar-refractivity contribution in [1.82, 2.24) is 0 Å². The van der Waals surface area contributed by atoms with Crippen molar-refractivity contribution in [2.24, 2.45) is 0 Å². The van der Waals surface area contributed by atoms with E-state index in [-0.39, 0.29) is 16.4 Å². The highest BCUT2D eigenvalue weighted by Crippen LogP contribution is 2.50. The Hall–Kier alpha value is -0.400. The SMILES string of the molecule is ClC1c2ccccc2OC2(CCCCCC2)C1Cl. The van der Waals surface area contributed by atoms with E-state index in [1.165, 1.54) is 25.7 Å². The largest absolute Gasteiger partial charge is 0.485 e. The van der Waals surface area contributed by atoms with Crippen LogP contribution >= 0.6 is 23.2 Å². The Balaban J connectivity index is 1.98. The van der Waals surface area contributed by atoms with Crippen molar-refractivity contribution in [3.05, 3.63) is 29.8 Å². The van der Waals surface area contributed by atoms with E-state index in [4.69, 9.17) is 27.9 Å². The molecule has 3 heteroatoms. The molecule has 0 radical (unpaired) electrons. The molecule has 18 heavy (non-hydrogen) atoms. The van der Waals surface area contributed by atoms with E-state index in [1.54, 1.807) is 0 Å². The monoisotopic (exact) mass is 284 g/mol. The predicted octanol–water partition coefficient (Wildman–Crippen LogP) is 5.06. The molecule has 2 aliphatic rings. The molecule has 1 aliphatic carbocycles. The summed E-state index contributed by atoms with van der Waals surface area (Å²) in [5, 5.41) is -0.276. The summed E-state index contributed by atoms with van der Waals surface area (Å²) in [7, 11) is 0. The van der Waals surface area contributed by atoms with Gasteiger partial charge in [0.1, 0.15) is 11.4 Å². The zero-order valence-electron chi connectivity index (χ0n) is 10.4. The van der Waals surface area contributed by atoms with Gasteiger partial charge in [-0.25, -0.2) is 0 Å². The summed E-state index contributed by atoms with van der Waals surface area (Å²) in [6.45, 7) is 0. The second-order valence-corrected chi connectivity index (χ2v) is 6.36. The lowest BCUT2D eigenvalue weighted by molar-refractivity contribution is 0.0335. The van der Waals surface area contributed by atoms with Crippen molar-refractivity contribution in [2.75, 3.05) is 0 Å². The van der Waals surface area contributed by atoms with Gasteiger partial charge >= 0.3 is 0 Å². The van der Waals surface area contributed by atoms with Gasteiger partial charge in [0.15, 0.2) is 0 Å². The summed E-state index contributed by atoms with van der Waals surface area (Å²) >= 11 is 13.2. The van der Waals surface area contributed by atoms with Crippen LogP contribution in [0.3, 0.4) is 0 Å². The average Bonchev–Trinajstić information content (AvgIpc) is 2.63. The lowest BCUT2D eigenvalue weighted by Crippen LogP contribution is -2.49. The standard InChI is InChI=1S/C15H18Cl2O/c16-13-11-7-3-4-8-12(11)18-15(14(13)17)9-5-1-2-6-10-15/h3-4,7-8,13-14H,1-2,5-6,9-10H2. The van der Waals surface area contributed by atoms with Crippen LogP contribution in [-0.4, -0.2) is 11.0 Å². The molecule has 0 saturated heterocycles. The maximum Gasteiger partial charge on any atom is 0.127 e. The summed E-state index contributed by atoms with van der Waals surface area (Å²) in [5.74, 6) is 0.927. The maximum absolute atomic E-state index is 6.65. The molecule has 1 nitrogen and oxygen atoms in total. The van der Waals surface area contributed by atoms with E-state index in [1.807, 2.05) is 24.3 Å². The number of fused-ring (bicyclic) bond motifs is 1. The van der Waals surface area contributed by atoms with Crippen LogP contribution in [0.4, 0.5) is 0 Å². The number of hydrogen-bond donors (Lipinski definition) is 0. The molecule has 0 bridgehead atoms. The first-order chi connectivity index (χ1) is 8.73. The molecule has 1 aliphatic heterocycles. The second kappa shape index (κ2) is 4.94. The minimum Gasteiger partial charge on any atom is -0.485 e. The minimum atomic E-state index is -0.251. The van der Waals surface area contributed by atoms with Crippen LogP contribution in [0, 0.1) is 0 Å². The van der Waals surface area contributed by atoms with Crippen LogP contribution in [0.5, 0.6) is 5.75 Å². The van der Waals surface area contributed by atoms with E-state index in [0.29, 0.717) is 0 Å². The van der Waals surface area contributed by atoms with Crippen molar-refractivity contribution in [2.45, 2.75) is 54.9 Å². The third kappa shape index (κ3) is 2.02. The van der Waals surface area contributed by atoms with Gasteiger partial charge in [-0.2, -0.15) is 0 Å². The van der Waals surface area contributed by atoms with Crippen molar-refractivity contribution in [3.63, 3.8) is 0 Å². The summed E-state index contributed by atoms with van der Waals surface area (Å²) in [4.78, 5) is 0. The Labute approximate surface area is 118 Å². The quantitative estimate of drug-likeness (QED) is 0.605. The number of benzene rings is 1. The van der Waals surface area contributed by atoms with Gasteiger partial charge in [0.2, 0.25) is 0 Å². The highest BCUT2D eigenvalue weighted by Gasteiger charge is 2.48. The Morgan fingerprint density at radius 3 is 2.39 bits per heavy atom. The topological polar surface area (TPSA) is 9.23 Å². The van der Waals surface area contributed by atoms with Gasteiger partial charge in [0.25, 0.3) is 0 Å². The van der Waals surface area contributed by atoms with Crippen molar-refractivity contribution >= 4 is 23.2 Å². The lowest BCUT2D eigenvalue weighted by atomic mass is 9.84. The Morgan fingerprint density at radius 2 is 1.67 bits per heavy atom. The van der Waals surface area contributed by atoms with Gasteiger partial charge in [-0.1, -0.05) is 31.0 Å². The molecule has 1 aromatic rings. The molecule has 0 amide bonds. The third-order valence-corrected chi connectivity index (χ3v) is 5.50. The summed E-state index contributed by atoms with van der Waals surface area (Å²) in [6.07, 6.45) is 6.99. The summed E-state index contributed by atoms with van der Waals surface area (Å²) < 4.78 is 6.31. The van der Waals surface area contributed by atoms with Crippen LogP contribution < -0.4 is 4.74 Å². The molecule has 2 atom stereocenters. The zero-order chi connectivity index (χ0) is 12.6. The smallest absolute Gasteiger partial charge is 0.127 e. The molecule has 0 aromatic heterocycles. The lowest BCUT2D eigenvalue weighted by Gasteiger charge is -2.44. The Kier molecular flexibility index (Phi) is 3.46. The normalized spacial score (nSPS) is 30.3. The highest BCUT2D eigenvalue weighted by molar-refractivity contribution is 6.31.